The van der Waals surface area contributed by atoms with Crippen molar-refractivity contribution in [2.24, 2.45) is 12.0 Å². The van der Waals surface area contributed by atoms with Gasteiger partial charge in [-0.25, -0.2) is 8.42 Å². The lowest BCUT2D eigenvalue weighted by Gasteiger charge is -2.03. The van der Waals surface area contributed by atoms with Crippen molar-refractivity contribution in [1.29, 1.82) is 0 Å². The minimum Gasteiger partial charge on any atom is -0.495 e. The maximum Gasteiger partial charge on any atom is 0.279 e. The first kappa shape index (κ1) is 17.4. The Bertz CT molecular complexity index is 1140. The van der Waals surface area contributed by atoms with Crippen molar-refractivity contribution >= 4 is 37.3 Å². The molecule has 0 aliphatic rings. The monoisotopic (exact) mass is 376 g/mol. The maximum atomic E-state index is 12.5. The van der Waals surface area contributed by atoms with Crippen molar-refractivity contribution in [3.8, 4) is 5.75 Å². The number of hydrogen-bond acceptors (Lipinski definition) is 5. The zero-order chi connectivity index (χ0) is 18.2. The quantitative estimate of drug-likeness (QED) is 0.703. The summed E-state index contributed by atoms with van der Waals surface area (Å²) >= 11 is 1.36. The molecule has 0 saturated heterocycles. The Labute approximate surface area is 148 Å². The summed E-state index contributed by atoms with van der Waals surface area (Å²) < 4.78 is 31.4. The van der Waals surface area contributed by atoms with E-state index in [-0.39, 0.29) is 10.5 Å². The van der Waals surface area contributed by atoms with E-state index in [4.69, 9.17) is 4.74 Å². The number of sulfone groups is 1. The van der Waals surface area contributed by atoms with Gasteiger partial charge in [-0.2, -0.15) is 4.99 Å². The van der Waals surface area contributed by atoms with Crippen molar-refractivity contribution in [3.63, 3.8) is 0 Å². The van der Waals surface area contributed by atoms with E-state index in [0.717, 1.165) is 16.5 Å². The van der Waals surface area contributed by atoms with Crippen molar-refractivity contribution < 1.29 is 17.9 Å². The van der Waals surface area contributed by atoms with E-state index < -0.39 is 15.7 Å². The number of rotatable bonds is 3. The van der Waals surface area contributed by atoms with Gasteiger partial charge in [0.25, 0.3) is 5.91 Å². The van der Waals surface area contributed by atoms with E-state index >= 15 is 0 Å². The summed E-state index contributed by atoms with van der Waals surface area (Å²) in [5.41, 5.74) is 1.08. The van der Waals surface area contributed by atoms with Crippen LogP contribution in [0, 0.1) is 0 Å². The molecule has 0 fully saturated rings. The number of carbonyl (C=O) groups is 1. The van der Waals surface area contributed by atoms with Crippen molar-refractivity contribution in [2.45, 2.75) is 4.90 Å². The smallest absolute Gasteiger partial charge is 0.279 e. The van der Waals surface area contributed by atoms with Crippen molar-refractivity contribution in [2.75, 3.05) is 13.4 Å². The number of thiazole rings is 1. The molecule has 6 nitrogen and oxygen atoms in total. The molecule has 0 saturated carbocycles. The standard InChI is InChI=1S/C17H16N2O4S2/c1-19-15-13(23-2)8-5-9-14(15)24-17(19)18-16(20)11-6-4-7-12(10-11)25(3,21)22/h4-10H,1-3H3. The number of carbonyl (C=O) groups excluding carboxylic acids is 1. The second-order valence-electron chi connectivity index (χ2n) is 5.47. The predicted molar refractivity (Wildman–Crippen MR) is 96.8 cm³/mol. The van der Waals surface area contributed by atoms with Crippen LogP contribution in [0.15, 0.2) is 52.4 Å². The second-order valence-corrected chi connectivity index (χ2v) is 8.49. The van der Waals surface area contributed by atoms with Gasteiger partial charge in [-0.15, -0.1) is 0 Å². The average molecular weight is 376 g/mol. The largest absolute Gasteiger partial charge is 0.495 e. The van der Waals surface area contributed by atoms with Crippen molar-refractivity contribution in [1.82, 2.24) is 4.57 Å². The number of amides is 1. The average Bonchev–Trinajstić information content (AvgIpc) is 2.90. The van der Waals surface area contributed by atoms with Gasteiger partial charge >= 0.3 is 0 Å². The Kier molecular flexibility index (Phi) is 4.49. The summed E-state index contributed by atoms with van der Waals surface area (Å²) in [6.45, 7) is 0. The van der Waals surface area contributed by atoms with Gasteiger partial charge in [0, 0.05) is 18.9 Å². The highest BCUT2D eigenvalue weighted by Crippen LogP contribution is 2.26. The van der Waals surface area contributed by atoms with Gasteiger partial charge in [0.2, 0.25) is 0 Å². The Morgan fingerprint density at radius 1 is 1.20 bits per heavy atom. The van der Waals surface area contributed by atoms with Gasteiger partial charge in [0.05, 0.1) is 16.7 Å². The molecule has 2 aromatic carbocycles. The maximum absolute atomic E-state index is 12.5. The SMILES string of the molecule is COc1cccc2sc(=NC(=O)c3cccc(S(C)(=O)=O)c3)n(C)c12. The van der Waals surface area contributed by atoms with Gasteiger partial charge in [-0.05, 0) is 30.3 Å². The topological polar surface area (TPSA) is 77.7 Å². The number of aryl methyl sites for hydroxylation is 1. The first-order valence-corrected chi connectivity index (χ1v) is 10.0. The predicted octanol–water partition coefficient (Wildman–Crippen LogP) is 2.39. The molecule has 0 N–H and O–H groups in total. The van der Waals surface area contributed by atoms with E-state index in [1.54, 1.807) is 24.8 Å². The fraction of sp³-hybridized carbons (Fsp3) is 0.176. The summed E-state index contributed by atoms with van der Waals surface area (Å²) in [4.78, 5) is 17.2. The molecule has 0 bridgehead atoms. The Morgan fingerprint density at radius 2 is 1.92 bits per heavy atom. The minimum atomic E-state index is -3.38. The van der Waals surface area contributed by atoms with E-state index in [1.165, 1.54) is 29.5 Å². The van der Waals surface area contributed by atoms with E-state index in [0.29, 0.717) is 10.6 Å². The van der Waals surface area contributed by atoms with Crippen LogP contribution in [0.2, 0.25) is 0 Å². The van der Waals surface area contributed by atoms with E-state index in [1.807, 2.05) is 18.2 Å². The Hall–Kier alpha value is -2.45. The summed E-state index contributed by atoms with van der Waals surface area (Å²) in [7, 11) is 0.0119. The number of ether oxygens (including phenoxy) is 1. The molecule has 3 aromatic rings. The van der Waals surface area contributed by atoms with Gasteiger partial charge in [0.1, 0.15) is 11.3 Å². The molecule has 1 aromatic heterocycles. The van der Waals surface area contributed by atoms with Gasteiger partial charge in [-0.1, -0.05) is 23.5 Å². The molecular formula is C17H16N2O4S2. The summed E-state index contributed by atoms with van der Waals surface area (Å²) in [6, 6.07) is 11.5. The normalized spacial score (nSPS) is 12.5. The number of methoxy groups -OCH3 is 1. The number of fused-ring (bicyclic) bond motifs is 1. The molecule has 0 unspecified atom stereocenters. The molecule has 3 rings (SSSR count). The lowest BCUT2D eigenvalue weighted by Crippen LogP contribution is -2.13. The van der Waals surface area contributed by atoms with Gasteiger partial charge in [0.15, 0.2) is 14.6 Å². The third-order valence-electron chi connectivity index (χ3n) is 3.71. The zero-order valence-electron chi connectivity index (χ0n) is 13.9. The van der Waals surface area contributed by atoms with Crippen LogP contribution in [-0.4, -0.2) is 32.3 Å². The van der Waals surface area contributed by atoms with E-state index in [9.17, 15) is 13.2 Å². The van der Waals surface area contributed by atoms with Crippen LogP contribution in [-0.2, 0) is 16.9 Å². The number of aromatic nitrogens is 1. The van der Waals surface area contributed by atoms with Crippen molar-refractivity contribution in [3.05, 3.63) is 52.8 Å². The van der Waals surface area contributed by atoms with Crippen LogP contribution in [0.5, 0.6) is 5.75 Å². The number of benzene rings is 2. The zero-order valence-corrected chi connectivity index (χ0v) is 15.5. The lowest BCUT2D eigenvalue weighted by molar-refractivity contribution is 0.0997. The summed E-state index contributed by atoms with van der Waals surface area (Å²) in [5.74, 6) is 0.204. The molecule has 25 heavy (non-hydrogen) atoms. The molecule has 8 heteroatoms. The van der Waals surface area contributed by atoms with Crippen LogP contribution >= 0.6 is 11.3 Å². The fourth-order valence-electron chi connectivity index (χ4n) is 2.45. The molecule has 1 heterocycles. The van der Waals surface area contributed by atoms with Crippen LogP contribution in [0.3, 0.4) is 0 Å². The highest BCUT2D eigenvalue weighted by Gasteiger charge is 2.13. The Balaban J connectivity index is 2.11. The minimum absolute atomic E-state index is 0.0935. The summed E-state index contributed by atoms with van der Waals surface area (Å²) in [5, 5.41) is 0. The third kappa shape index (κ3) is 3.35. The number of hydrogen-bond donors (Lipinski definition) is 0. The Morgan fingerprint density at radius 3 is 2.60 bits per heavy atom. The molecule has 0 aliphatic carbocycles. The molecular weight excluding hydrogens is 360 g/mol. The number of nitrogens with zero attached hydrogens (tertiary/aromatic N) is 2. The molecule has 0 spiro atoms. The first-order chi connectivity index (χ1) is 11.8. The summed E-state index contributed by atoms with van der Waals surface area (Å²) in [6.07, 6.45) is 1.10. The lowest BCUT2D eigenvalue weighted by atomic mass is 10.2. The van der Waals surface area contributed by atoms with Crippen LogP contribution in [0.1, 0.15) is 10.4 Å². The van der Waals surface area contributed by atoms with Crippen LogP contribution in [0.25, 0.3) is 10.2 Å². The first-order valence-electron chi connectivity index (χ1n) is 7.33. The van der Waals surface area contributed by atoms with Gasteiger partial charge < -0.3 is 9.30 Å². The highest BCUT2D eigenvalue weighted by molar-refractivity contribution is 7.90. The molecule has 0 atom stereocenters. The molecule has 0 radical (unpaired) electrons. The van der Waals surface area contributed by atoms with E-state index in [2.05, 4.69) is 4.99 Å². The third-order valence-corrected chi connectivity index (χ3v) is 5.92. The van der Waals surface area contributed by atoms with Crippen LogP contribution < -0.4 is 9.54 Å². The highest BCUT2D eigenvalue weighted by atomic mass is 32.2. The number of para-hydroxylation sites is 1. The molecule has 1 amide bonds. The van der Waals surface area contributed by atoms with Gasteiger partial charge in [-0.3, -0.25) is 4.79 Å². The fourth-order valence-corrected chi connectivity index (χ4v) is 4.15. The van der Waals surface area contributed by atoms with Crippen LogP contribution in [0.4, 0.5) is 0 Å². The molecule has 0 aliphatic heterocycles. The second kappa shape index (κ2) is 6.45. The molecule has 130 valence electrons.